The summed E-state index contributed by atoms with van der Waals surface area (Å²) in [7, 11) is 5.80. The molecule has 0 atom stereocenters. The van der Waals surface area contributed by atoms with Crippen LogP contribution in [0.5, 0.6) is 11.5 Å². The smallest absolute Gasteiger partial charge is 0.163 e. The van der Waals surface area contributed by atoms with Crippen LogP contribution in [0.2, 0.25) is 0 Å². The first-order valence-corrected chi connectivity index (χ1v) is 7.91. The van der Waals surface area contributed by atoms with Crippen LogP contribution in [-0.4, -0.2) is 45.1 Å². The first-order chi connectivity index (χ1) is 10.6. The van der Waals surface area contributed by atoms with Crippen molar-refractivity contribution in [3.05, 3.63) is 17.7 Å². The van der Waals surface area contributed by atoms with Crippen molar-refractivity contribution < 1.29 is 9.47 Å². The number of rotatable bonds is 6. The van der Waals surface area contributed by atoms with Gasteiger partial charge in [0.05, 0.1) is 24.8 Å². The molecule has 0 unspecified atom stereocenters. The molecule has 0 radical (unpaired) electrons. The van der Waals surface area contributed by atoms with Gasteiger partial charge in [-0.05, 0) is 45.0 Å². The summed E-state index contributed by atoms with van der Waals surface area (Å²) >= 11 is 0. The summed E-state index contributed by atoms with van der Waals surface area (Å²) in [5.74, 6) is 2.29. The monoisotopic (exact) mass is 303 g/mol. The van der Waals surface area contributed by atoms with E-state index in [0.717, 1.165) is 48.8 Å². The van der Waals surface area contributed by atoms with Crippen molar-refractivity contribution in [3.8, 4) is 11.5 Å². The van der Waals surface area contributed by atoms with Crippen molar-refractivity contribution in [2.24, 2.45) is 10.7 Å². The van der Waals surface area contributed by atoms with Crippen molar-refractivity contribution in [1.82, 2.24) is 4.90 Å². The molecule has 5 heteroatoms. The summed E-state index contributed by atoms with van der Waals surface area (Å²) in [6.45, 7) is 1.67. The minimum absolute atomic E-state index is 0.0356. The molecule has 1 heterocycles. The van der Waals surface area contributed by atoms with Crippen molar-refractivity contribution >= 4 is 11.5 Å². The van der Waals surface area contributed by atoms with Gasteiger partial charge in [0.2, 0.25) is 0 Å². The number of hydrogen-bond acceptors (Lipinski definition) is 5. The molecule has 120 valence electrons. The summed E-state index contributed by atoms with van der Waals surface area (Å²) in [5.41, 5.74) is 8.30. The van der Waals surface area contributed by atoms with E-state index in [4.69, 9.17) is 15.2 Å². The molecule has 1 aliphatic carbocycles. The van der Waals surface area contributed by atoms with Crippen LogP contribution in [0.1, 0.15) is 31.2 Å². The molecule has 2 aliphatic rings. The highest BCUT2D eigenvalue weighted by Crippen LogP contribution is 2.53. The zero-order valence-corrected chi connectivity index (χ0v) is 13.7. The van der Waals surface area contributed by atoms with Crippen LogP contribution in [-0.2, 0) is 5.41 Å². The van der Waals surface area contributed by atoms with Gasteiger partial charge in [0.15, 0.2) is 11.5 Å². The van der Waals surface area contributed by atoms with E-state index in [9.17, 15) is 0 Å². The summed E-state index contributed by atoms with van der Waals surface area (Å²) < 4.78 is 11.4. The lowest BCUT2D eigenvalue weighted by Gasteiger charge is -2.38. The van der Waals surface area contributed by atoms with E-state index in [1.165, 1.54) is 12.0 Å². The predicted molar refractivity (Wildman–Crippen MR) is 88.5 cm³/mol. The molecule has 1 saturated carbocycles. The van der Waals surface area contributed by atoms with Gasteiger partial charge in [-0.1, -0.05) is 6.42 Å². The second kappa shape index (κ2) is 5.80. The topological polar surface area (TPSA) is 60.1 Å². The summed E-state index contributed by atoms with van der Waals surface area (Å²) in [4.78, 5) is 6.72. The standard InChI is InChI=1S/C17H25N3O2/c1-20(2)8-5-9-22-15-11-13-12(10-14(15)21-3)17(6-4-7-17)16(18)19-13/h10-11H,4-9H2,1-3H3,(H2,18,19). The van der Waals surface area contributed by atoms with Gasteiger partial charge in [0, 0.05) is 12.6 Å². The number of fused-ring (bicyclic) bond motifs is 2. The van der Waals surface area contributed by atoms with Crippen molar-refractivity contribution in [2.45, 2.75) is 31.1 Å². The molecule has 3 rings (SSSR count). The second-order valence-corrected chi connectivity index (χ2v) is 6.46. The normalized spacial score (nSPS) is 18.1. The van der Waals surface area contributed by atoms with E-state index in [-0.39, 0.29) is 5.41 Å². The quantitative estimate of drug-likeness (QED) is 0.820. The number of benzene rings is 1. The Morgan fingerprint density at radius 2 is 2.05 bits per heavy atom. The minimum atomic E-state index is -0.0356. The Balaban J connectivity index is 1.79. The number of amidine groups is 1. The molecule has 2 N–H and O–H groups in total. The third kappa shape index (κ3) is 2.43. The molecule has 0 amide bonds. The molecule has 0 saturated heterocycles. The average molecular weight is 303 g/mol. The molecule has 22 heavy (non-hydrogen) atoms. The molecule has 1 aromatic carbocycles. The first-order valence-electron chi connectivity index (χ1n) is 7.91. The van der Waals surface area contributed by atoms with E-state index in [2.05, 4.69) is 30.1 Å². The molecule has 5 nitrogen and oxygen atoms in total. The summed E-state index contributed by atoms with van der Waals surface area (Å²) in [6.07, 6.45) is 4.35. The number of methoxy groups -OCH3 is 1. The lowest BCUT2D eigenvalue weighted by atomic mass is 9.64. The van der Waals surface area contributed by atoms with Crippen molar-refractivity contribution in [2.75, 3.05) is 34.4 Å². The maximum Gasteiger partial charge on any atom is 0.163 e. The fourth-order valence-corrected chi connectivity index (χ4v) is 3.29. The molecular formula is C17H25N3O2. The Bertz CT molecular complexity index is 592. The fourth-order valence-electron chi connectivity index (χ4n) is 3.29. The summed E-state index contributed by atoms with van der Waals surface area (Å²) in [6, 6.07) is 4.04. The maximum atomic E-state index is 6.18. The zero-order valence-electron chi connectivity index (χ0n) is 13.7. The summed E-state index contributed by atoms with van der Waals surface area (Å²) in [5, 5.41) is 0. The highest BCUT2D eigenvalue weighted by atomic mass is 16.5. The van der Waals surface area contributed by atoms with Gasteiger partial charge in [0.1, 0.15) is 5.84 Å². The van der Waals surface area contributed by atoms with Crippen LogP contribution in [0.15, 0.2) is 17.1 Å². The average Bonchev–Trinajstić information content (AvgIpc) is 2.73. The number of ether oxygens (including phenoxy) is 2. The highest BCUT2D eigenvalue weighted by molar-refractivity contribution is 6.00. The lowest BCUT2D eigenvalue weighted by molar-refractivity contribution is 0.267. The van der Waals surface area contributed by atoms with Gasteiger partial charge in [-0.25, -0.2) is 4.99 Å². The Kier molecular flexibility index (Phi) is 4.00. The number of nitrogens with zero attached hydrogens (tertiary/aromatic N) is 2. The van der Waals surface area contributed by atoms with Crippen LogP contribution in [0, 0.1) is 0 Å². The largest absolute Gasteiger partial charge is 0.493 e. The van der Waals surface area contributed by atoms with E-state index < -0.39 is 0 Å². The first kappa shape index (κ1) is 15.2. The molecular weight excluding hydrogens is 278 g/mol. The molecule has 1 fully saturated rings. The number of nitrogens with two attached hydrogens (primary N) is 1. The third-order valence-corrected chi connectivity index (χ3v) is 4.74. The number of aliphatic imine (C=N–C) groups is 1. The van der Waals surface area contributed by atoms with Crippen molar-refractivity contribution in [1.29, 1.82) is 0 Å². The van der Waals surface area contributed by atoms with E-state index >= 15 is 0 Å². The maximum absolute atomic E-state index is 6.18. The van der Waals surface area contributed by atoms with Gasteiger partial charge in [-0.3, -0.25) is 0 Å². The predicted octanol–water partition coefficient (Wildman–Crippen LogP) is 2.45. The van der Waals surface area contributed by atoms with Crippen LogP contribution >= 0.6 is 0 Å². The number of hydrogen-bond donors (Lipinski definition) is 1. The van der Waals surface area contributed by atoms with Crippen LogP contribution < -0.4 is 15.2 Å². The lowest BCUT2D eigenvalue weighted by Crippen LogP contribution is -2.44. The molecule has 1 spiro atoms. The van der Waals surface area contributed by atoms with Gasteiger partial charge < -0.3 is 20.1 Å². The Morgan fingerprint density at radius 3 is 2.64 bits per heavy atom. The molecule has 1 aromatic rings. The van der Waals surface area contributed by atoms with E-state index in [0.29, 0.717) is 6.61 Å². The Hall–Kier alpha value is -1.75. The van der Waals surface area contributed by atoms with Crippen LogP contribution in [0.25, 0.3) is 0 Å². The van der Waals surface area contributed by atoms with Gasteiger partial charge in [0.25, 0.3) is 0 Å². The Labute approximate surface area is 132 Å². The van der Waals surface area contributed by atoms with Gasteiger partial charge >= 0.3 is 0 Å². The minimum Gasteiger partial charge on any atom is -0.493 e. The Morgan fingerprint density at radius 1 is 1.27 bits per heavy atom. The van der Waals surface area contributed by atoms with Crippen molar-refractivity contribution in [3.63, 3.8) is 0 Å². The van der Waals surface area contributed by atoms with Crippen LogP contribution in [0.4, 0.5) is 5.69 Å². The zero-order chi connectivity index (χ0) is 15.7. The second-order valence-electron chi connectivity index (χ2n) is 6.46. The SMILES string of the molecule is COc1cc2c(cc1OCCCN(C)C)N=C(N)C21CCC1. The molecule has 1 aliphatic heterocycles. The van der Waals surface area contributed by atoms with Crippen LogP contribution in [0.3, 0.4) is 0 Å². The van der Waals surface area contributed by atoms with E-state index in [1.54, 1.807) is 7.11 Å². The van der Waals surface area contributed by atoms with Gasteiger partial charge in [-0.15, -0.1) is 0 Å². The fraction of sp³-hybridized carbons (Fsp3) is 0.588. The molecule has 0 aromatic heterocycles. The molecule has 0 bridgehead atoms. The highest BCUT2D eigenvalue weighted by Gasteiger charge is 2.47. The van der Waals surface area contributed by atoms with E-state index in [1.807, 2.05) is 6.07 Å². The third-order valence-electron chi connectivity index (χ3n) is 4.74. The van der Waals surface area contributed by atoms with Gasteiger partial charge in [-0.2, -0.15) is 0 Å².